The van der Waals surface area contributed by atoms with Crippen LogP contribution in [0.15, 0.2) is 109 Å². The van der Waals surface area contributed by atoms with Gasteiger partial charge in [-0.05, 0) is 73.5 Å². The fourth-order valence-electron chi connectivity index (χ4n) is 4.49. The van der Waals surface area contributed by atoms with Crippen LogP contribution in [-0.2, 0) is 0 Å². The summed E-state index contributed by atoms with van der Waals surface area (Å²) in [6.45, 7) is 3.88. The van der Waals surface area contributed by atoms with E-state index in [0.717, 1.165) is 33.6 Å². The number of phenols is 1. The number of ether oxygens (including phenoxy) is 1. The molecule has 0 fully saturated rings. The first kappa shape index (κ1) is 24.9. The van der Waals surface area contributed by atoms with Crippen molar-refractivity contribution in [2.45, 2.75) is 13.8 Å². The topological polar surface area (TPSA) is 93.9 Å². The molecule has 0 aliphatic heterocycles. The van der Waals surface area contributed by atoms with Crippen LogP contribution in [0.1, 0.15) is 11.4 Å². The van der Waals surface area contributed by atoms with Crippen molar-refractivity contribution in [2.75, 3.05) is 0 Å². The molecule has 0 unspecified atom stereocenters. The molecule has 0 spiro atoms. The molecular formula is C33H25N5O2. The van der Waals surface area contributed by atoms with E-state index in [0.29, 0.717) is 34.7 Å². The van der Waals surface area contributed by atoms with Crippen LogP contribution in [0.3, 0.4) is 0 Å². The Balaban J connectivity index is 1.56. The van der Waals surface area contributed by atoms with E-state index >= 15 is 0 Å². The number of rotatable bonds is 6. The zero-order chi connectivity index (χ0) is 27.5. The summed E-state index contributed by atoms with van der Waals surface area (Å²) in [5, 5.41) is 10.6. The molecule has 7 nitrogen and oxygen atoms in total. The highest BCUT2D eigenvalue weighted by Gasteiger charge is 2.17. The predicted molar refractivity (Wildman–Crippen MR) is 155 cm³/mol. The fraction of sp³-hybridized carbons (Fsp3) is 0.0606. The van der Waals surface area contributed by atoms with Gasteiger partial charge in [-0.15, -0.1) is 0 Å². The monoisotopic (exact) mass is 523 g/mol. The minimum atomic E-state index is 0.0879. The molecule has 6 rings (SSSR count). The van der Waals surface area contributed by atoms with E-state index in [9.17, 15) is 5.11 Å². The SMILES string of the molecule is Cc1cc(-c2nc(-c3cc(Oc4ccccn4)cc(-c4ccccc4)c3)nc(-c3ccccc3O)n2)cc(C)n1. The first-order valence-corrected chi connectivity index (χ1v) is 12.8. The first-order valence-electron chi connectivity index (χ1n) is 12.8. The number of hydrogen-bond acceptors (Lipinski definition) is 7. The Kier molecular flexibility index (Phi) is 6.68. The summed E-state index contributed by atoms with van der Waals surface area (Å²) < 4.78 is 6.15. The molecule has 0 aliphatic carbocycles. The largest absolute Gasteiger partial charge is 0.507 e. The molecular weight excluding hydrogens is 498 g/mol. The maximum Gasteiger partial charge on any atom is 0.219 e. The molecule has 0 radical (unpaired) electrons. The molecule has 0 saturated carbocycles. The number of phenolic OH excluding ortho intramolecular Hbond substituents is 1. The third-order valence-corrected chi connectivity index (χ3v) is 6.25. The molecule has 6 aromatic rings. The van der Waals surface area contributed by atoms with Gasteiger partial charge in [-0.2, -0.15) is 0 Å². The molecule has 3 aromatic carbocycles. The van der Waals surface area contributed by atoms with E-state index in [1.54, 1.807) is 30.5 Å². The lowest BCUT2D eigenvalue weighted by Crippen LogP contribution is -2.01. The lowest BCUT2D eigenvalue weighted by atomic mass is 10.0. The van der Waals surface area contributed by atoms with Crippen LogP contribution in [0.4, 0.5) is 0 Å². The van der Waals surface area contributed by atoms with Gasteiger partial charge < -0.3 is 9.84 Å². The summed E-state index contributed by atoms with van der Waals surface area (Å²) in [4.78, 5) is 23.3. The van der Waals surface area contributed by atoms with Crippen LogP contribution < -0.4 is 4.74 Å². The van der Waals surface area contributed by atoms with Crippen molar-refractivity contribution in [3.8, 4) is 62.7 Å². The number of para-hydroxylation sites is 1. The van der Waals surface area contributed by atoms with Crippen LogP contribution in [0.5, 0.6) is 17.4 Å². The van der Waals surface area contributed by atoms with Gasteiger partial charge in [0.05, 0.1) is 5.56 Å². The second-order valence-corrected chi connectivity index (χ2v) is 9.34. The minimum absolute atomic E-state index is 0.0879. The number of pyridine rings is 2. The lowest BCUT2D eigenvalue weighted by molar-refractivity contribution is 0.463. The minimum Gasteiger partial charge on any atom is -0.507 e. The standard InChI is InChI=1S/C33H25N5O2/c1-21-16-25(17-22(2)35-21)31-36-32(38-33(37-31)28-12-6-7-13-29(28)39)26-18-24(23-10-4-3-5-11-23)19-27(20-26)40-30-14-8-9-15-34-30/h3-20,39H,1-2H3. The van der Waals surface area contributed by atoms with Gasteiger partial charge in [0, 0.05) is 34.8 Å². The van der Waals surface area contributed by atoms with Gasteiger partial charge in [0.15, 0.2) is 17.5 Å². The van der Waals surface area contributed by atoms with E-state index in [-0.39, 0.29) is 5.75 Å². The number of hydrogen-bond donors (Lipinski definition) is 1. The molecule has 3 heterocycles. The highest BCUT2D eigenvalue weighted by atomic mass is 16.5. The van der Waals surface area contributed by atoms with Crippen LogP contribution in [0, 0.1) is 13.8 Å². The van der Waals surface area contributed by atoms with Gasteiger partial charge >= 0.3 is 0 Å². The molecule has 0 atom stereocenters. The summed E-state index contributed by atoms with van der Waals surface area (Å²) >= 11 is 0. The quantitative estimate of drug-likeness (QED) is 0.242. The predicted octanol–water partition coefficient (Wildman–Crippen LogP) is 7.44. The highest BCUT2D eigenvalue weighted by molar-refractivity contribution is 5.75. The van der Waals surface area contributed by atoms with E-state index in [1.807, 2.05) is 92.7 Å². The summed E-state index contributed by atoms with van der Waals surface area (Å²) in [7, 11) is 0. The van der Waals surface area contributed by atoms with Gasteiger partial charge in [0.2, 0.25) is 5.88 Å². The summed E-state index contributed by atoms with van der Waals surface area (Å²) in [6, 6.07) is 32.3. The van der Waals surface area contributed by atoms with Crippen molar-refractivity contribution < 1.29 is 9.84 Å². The van der Waals surface area contributed by atoms with E-state index in [1.165, 1.54) is 0 Å². The van der Waals surface area contributed by atoms with Crippen molar-refractivity contribution in [3.05, 3.63) is 121 Å². The van der Waals surface area contributed by atoms with Crippen LogP contribution in [0.2, 0.25) is 0 Å². The van der Waals surface area contributed by atoms with Gasteiger partial charge in [-0.1, -0.05) is 48.5 Å². The van der Waals surface area contributed by atoms with E-state index < -0.39 is 0 Å². The van der Waals surface area contributed by atoms with Crippen molar-refractivity contribution in [1.29, 1.82) is 0 Å². The van der Waals surface area contributed by atoms with Crippen LogP contribution >= 0.6 is 0 Å². The second kappa shape index (κ2) is 10.7. The average molecular weight is 524 g/mol. The van der Waals surface area contributed by atoms with Crippen molar-refractivity contribution in [1.82, 2.24) is 24.9 Å². The molecule has 0 saturated heterocycles. The van der Waals surface area contributed by atoms with Gasteiger partial charge in [0.1, 0.15) is 11.5 Å². The van der Waals surface area contributed by atoms with Crippen molar-refractivity contribution in [3.63, 3.8) is 0 Å². The van der Waals surface area contributed by atoms with Gasteiger partial charge in [-0.25, -0.2) is 19.9 Å². The van der Waals surface area contributed by atoms with Crippen LogP contribution in [-0.4, -0.2) is 30.0 Å². The smallest absolute Gasteiger partial charge is 0.219 e. The Hall–Kier alpha value is -5.43. The van der Waals surface area contributed by atoms with E-state index in [4.69, 9.17) is 19.7 Å². The maximum atomic E-state index is 10.6. The summed E-state index contributed by atoms with van der Waals surface area (Å²) in [6.07, 6.45) is 1.69. The zero-order valence-corrected chi connectivity index (χ0v) is 22.0. The molecule has 1 N–H and O–H groups in total. The Morgan fingerprint density at radius 3 is 1.88 bits per heavy atom. The number of aromatic nitrogens is 5. The Morgan fingerprint density at radius 2 is 1.18 bits per heavy atom. The lowest BCUT2D eigenvalue weighted by Gasteiger charge is -2.13. The molecule has 0 amide bonds. The van der Waals surface area contributed by atoms with Gasteiger partial charge in [0.25, 0.3) is 0 Å². The zero-order valence-electron chi connectivity index (χ0n) is 22.0. The molecule has 7 heteroatoms. The second-order valence-electron chi connectivity index (χ2n) is 9.34. The summed E-state index contributed by atoms with van der Waals surface area (Å²) in [5.74, 6) is 2.45. The first-order chi connectivity index (χ1) is 19.5. The number of aryl methyl sites for hydroxylation is 2. The Bertz CT molecular complexity index is 1790. The number of benzene rings is 3. The normalized spacial score (nSPS) is 10.8. The molecule has 40 heavy (non-hydrogen) atoms. The van der Waals surface area contributed by atoms with Crippen molar-refractivity contribution >= 4 is 0 Å². The third-order valence-electron chi connectivity index (χ3n) is 6.25. The van der Waals surface area contributed by atoms with Crippen molar-refractivity contribution in [2.24, 2.45) is 0 Å². The Labute approximate surface area is 231 Å². The highest BCUT2D eigenvalue weighted by Crippen LogP contribution is 2.34. The molecule has 0 bridgehead atoms. The fourth-order valence-corrected chi connectivity index (χ4v) is 4.49. The van der Waals surface area contributed by atoms with Gasteiger partial charge in [-0.3, -0.25) is 4.98 Å². The third kappa shape index (κ3) is 5.39. The maximum absolute atomic E-state index is 10.6. The van der Waals surface area contributed by atoms with E-state index in [2.05, 4.69) is 9.97 Å². The molecule has 0 aliphatic rings. The molecule has 3 aromatic heterocycles. The summed E-state index contributed by atoms with van der Waals surface area (Å²) in [5.41, 5.74) is 5.73. The Morgan fingerprint density at radius 1 is 0.550 bits per heavy atom. The molecule has 194 valence electrons. The number of nitrogens with zero attached hydrogens (tertiary/aromatic N) is 5. The number of aromatic hydroxyl groups is 1. The van der Waals surface area contributed by atoms with Crippen LogP contribution in [0.25, 0.3) is 45.3 Å². The average Bonchev–Trinajstić information content (AvgIpc) is 2.97.